The molecule has 0 aliphatic carbocycles. The van der Waals surface area contributed by atoms with Crippen LogP contribution in [0, 0.1) is 0 Å². The Balaban J connectivity index is 1.86. The quantitative estimate of drug-likeness (QED) is 0.864. The highest BCUT2D eigenvalue weighted by Crippen LogP contribution is 2.14. The van der Waals surface area contributed by atoms with Crippen LogP contribution in [0.2, 0.25) is 0 Å². The van der Waals surface area contributed by atoms with Crippen molar-refractivity contribution in [3.63, 3.8) is 0 Å². The molecule has 1 atom stereocenters. The summed E-state index contributed by atoms with van der Waals surface area (Å²) in [5.41, 5.74) is 2.50. The molecule has 0 amide bonds. The average molecular weight is 246 g/mol. The fourth-order valence-corrected chi connectivity index (χ4v) is 2.11. The predicted octanol–water partition coefficient (Wildman–Crippen LogP) is 2.85. The summed E-state index contributed by atoms with van der Waals surface area (Å²) in [7, 11) is 4.17. The summed E-state index contributed by atoms with van der Waals surface area (Å²) in [6.07, 6.45) is 6.41. The lowest BCUT2D eigenvalue weighted by Gasteiger charge is -2.20. The lowest BCUT2D eigenvalue weighted by molar-refractivity contribution is 0.135. The number of benzene rings is 1. The van der Waals surface area contributed by atoms with Gasteiger partial charge in [-0.25, -0.2) is 0 Å². The van der Waals surface area contributed by atoms with Gasteiger partial charge in [-0.15, -0.1) is 0 Å². The molecule has 2 rings (SSSR count). The molecule has 1 N–H and O–H groups in total. The molecule has 1 aromatic rings. The van der Waals surface area contributed by atoms with Crippen molar-refractivity contribution in [3.05, 3.63) is 42.2 Å². The molecular weight excluding hydrogens is 224 g/mol. The van der Waals surface area contributed by atoms with Crippen LogP contribution in [0.5, 0.6) is 0 Å². The average Bonchev–Trinajstić information content (AvgIpc) is 2.37. The minimum absolute atomic E-state index is 0.299. The molecule has 0 saturated heterocycles. The van der Waals surface area contributed by atoms with Crippen molar-refractivity contribution < 1.29 is 4.74 Å². The van der Waals surface area contributed by atoms with Crippen molar-refractivity contribution in [1.29, 1.82) is 0 Å². The van der Waals surface area contributed by atoms with Crippen LogP contribution in [0.1, 0.15) is 18.4 Å². The van der Waals surface area contributed by atoms with E-state index in [0.717, 1.165) is 25.9 Å². The summed E-state index contributed by atoms with van der Waals surface area (Å²) in [4.78, 5) is 2.17. The highest BCUT2D eigenvalue weighted by Gasteiger charge is 2.10. The number of hydrogen-bond donors (Lipinski definition) is 1. The Kier molecular flexibility index (Phi) is 4.65. The van der Waals surface area contributed by atoms with Crippen LogP contribution in [0.3, 0.4) is 0 Å². The van der Waals surface area contributed by atoms with Crippen LogP contribution in [0.15, 0.2) is 36.6 Å². The topological polar surface area (TPSA) is 24.5 Å². The smallest absolute Gasteiger partial charge is 0.115 e. The minimum atomic E-state index is 0.299. The van der Waals surface area contributed by atoms with Crippen molar-refractivity contribution in [1.82, 2.24) is 4.90 Å². The molecule has 98 valence electrons. The minimum Gasteiger partial charge on any atom is -0.497 e. The van der Waals surface area contributed by atoms with Crippen LogP contribution >= 0.6 is 0 Å². The summed E-state index contributed by atoms with van der Waals surface area (Å²) in [6, 6.07) is 8.57. The highest BCUT2D eigenvalue weighted by atomic mass is 16.5. The van der Waals surface area contributed by atoms with Gasteiger partial charge in [0.2, 0.25) is 0 Å². The van der Waals surface area contributed by atoms with Crippen molar-refractivity contribution in [3.8, 4) is 0 Å². The summed E-state index contributed by atoms with van der Waals surface area (Å²) >= 11 is 0. The van der Waals surface area contributed by atoms with E-state index in [9.17, 15) is 0 Å². The maximum absolute atomic E-state index is 5.54. The Morgan fingerprint density at radius 1 is 1.39 bits per heavy atom. The molecule has 0 aromatic heterocycles. The van der Waals surface area contributed by atoms with Crippen LogP contribution in [-0.4, -0.2) is 31.6 Å². The van der Waals surface area contributed by atoms with Gasteiger partial charge in [0.05, 0.1) is 12.8 Å². The molecule has 0 radical (unpaired) electrons. The van der Waals surface area contributed by atoms with Crippen LogP contribution in [0.25, 0.3) is 0 Å². The zero-order chi connectivity index (χ0) is 12.8. The van der Waals surface area contributed by atoms with E-state index >= 15 is 0 Å². The molecule has 1 aliphatic rings. The van der Waals surface area contributed by atoms with E-state index in [1.54, 1.807) is 0 Å². The molecule has 0 bridgehead atoms. The third-order valence-electron chi connectivity index (χ3n) is 2.98. The number of allylic oxidation sites excluding steroid dienone is 1. The second kappa shape index (κ2) is 6.45. The van der Waals surface area contributed by atoms with E-state index in [2.05, 4.69) is 54.7 Å². The van der Waals surface area contributed by atoms with E-state index in [4.69, 9.17) is 4.74 Å². The molecule has 0 saturated carbocycles. The summed E-state index contributed by atoms with van der Waals surface area (Å²) in [5, 5.41) is 3.45. The van der Waals surface area contributed by atoms with Crippen molar-refractivity contribution >= 4 is 5.69 Å². The normalized spacial score (nSPS) is 18.7. The van der Waals surface area contributed by atoms with Crippen LogP contribution < -0.4 is 5.32 Å². The fraction of sp³-hybridized carbons (Fsp3) is 0.467. The van der Waals surface area contributed by atoms with Gasteiger partial charge in [-0.05, 0) is 50.7 Å². The Bertz CT molecular complexity index is 401. The van der Waals surface area contributed by atoms with Gasteiger partial charge in [-0.1, -0.05) is 12.1 Å². The number of hydrogen-bond acceptors (Lipinski definition) is 3. The zero-order valence-electron chi connectivity index (χ0n) is 11.2. The van der Waals surface area contributed by atoms with Gasteiger partial charge < -0.3 is 15.0 Å². The number of nitrogens with zero attached hydrogens (tertiary/aromatic N) is 1. The first-order valence-corrected chi connectivity index (χ1v) is 6.52. The monoisotopic (exact) mass is 246 g/mol. The number of nitrogens with one attached hydrogen (secondary N) is 1. The summed E-state index contributed by atoms with van der Waals surface area (Å²) in [5.74, 6) is 0. The van der Waals surface area contributed by atoms with Gasteiger partial charge in [0.1, 0.15) is 6.10 Å². The molecule has 1 unspecified atom stereocenters. The van der Waals surface area contributed by atoms with Crippen molar-refractivity contribution in [2.75, 3.05) is 26.0 Å². The lowest BCUT2D eigenvalue weighted by Crippen LogP contribution is -2.23. The number of rotatable bonds is 5. The Labute approximate surface area is 109 Å². The first-order valence-electron chi connectivity index (χ1n) is 6.52. The SMILES string of the molecule is CN(C)Cc1cccc(NCC2CCC=CO2)c1. The van der Waals surface area contributed by atoms with E-state index in [0.29, 0.717) is 6.10 Å². The third kappa shape index (κ3) is 4.08. The second-order valence-electron chi connectivity index (χ2n) is 5.03. The van der Waals surface area contributed by atoms with Gasteiger partial charge in [0, 0.05) is 12.2 Å². The van der Waals surface area contributed by atoms with E-state index in [-0.39, 0.29) is 0 Å². The molecule has 0 fully saturated rings. The highest BCUT2D eigenvalue weighted by molar-refractivity contribution is 5.45. The third-order valence-corrected chi connectivity index (χ3v) is 2.98. The maximum atomic E-state index is 5.54. The molecule has 18 heavy (non-hydrogen) atoms. The summed E-state index contributed by atoms with van der Waals surface area (Å²) in [6.45, 7) is 1.84. The zero-order valence-corrected chi connectivity index (χ0v) is 11.2. The number of anilines is 1. The van der Waals surface area contributed by atoms with Gasteiger partial charge in [-0.3, -0.25) is 0 Å². The van der Waals surface area contributed by atoms with Gasteiger partial charge in [0.15, 0.2) is 0 Å². The maximum Gasteiger partial charge on any atom is 0.115 e. The van der Waals surface area contributed by atoms with Gasteiger partial charge in [-0.2, -0.15) is 0 Å². The first kappa shape index (κ1) is 13.0. The molecular formula is C15H22N2O. The van der Waals surface area contributed by atoms with E-state index in [1.165, 1.54) is 11.3 Å². The molecule has 0 spiro atoms. The van der Waals surface area contributed by atoms with Crippen molar-refractivity contribution in [2.24, 2.45) is 0 Å². The first-order chi connectivity index (χ1) is 8.74. The van der Waals surface area contributed by atoms with E-state index in [1.807, 2.05) is 6.26 Å². The Morgan fingerprint density at radius 2 is 2.28 bits per heavy atom. The second-order valence-corrected chi connectivity index (χ2v) is 5.03. The van der Waals surface area contributed by atoms with Gasteiger partial charge in [0.25, 0.3) is 0 Å². The van der Waals surface area contributed by atoms with Crippen molar-refractivity contribution in [2.45, 2.75) is 25.5 Å². The van der Waals surface area contributed by atoms with Crippen LogP contribution in [0.4, 0.5) is 5.69 Å². The summed E-state index contributed by atoms with van der Waals surface area (Å²) < 4.78 is 5.54. The Morgan fingerprint density at radius 3 is 3.00 bits per heavy atom. The standard InChI is InChI=1S/C15H22N2O/c1-17(2)12-13-6-5-7-14(10-13)16-11-15-8-3-4-9-18-15/h4-7,9-10,15-16H,3,8,11-12H2,1-2H3. The van der Waals surface area contributed by atoms with Crippen LogP contribution in [-0.2, 0) is 11.3 Å². The Hall–Kier alpha value is -1.48. The molecule has 3 heteroatoms. The molecule has 3 nitrogen and oxygen atoms in total. The number of ether oxygens (including phenoxy) is 1. The molecule has 1 aliphatic heterocycles. The fourth-order valence-electron chi connectivity index (χ4n) is 2.11. The van der Waals surface area contributed by atoms with E-state index < -0.39 is 0 Å². The predicted molar refractivity (Wildman–Crippen MR) is 75.6 cm³/mol. The molecule has 1 heterocycles. The lowest BCUT2D eigenvalue weighted by atomic mass is 10.1. The molecule has 1 aromatic carbocycles. The largest absolute Gasteiger partial charge is 0.497 e. The van der Waals surface area contributed by atoms with Gasteiger partial charge >= 0.3 is 0 Å².